The number of hydrogen-bond donors (Lipinski definition) is 3. The maximum atomic E-state index is 14.1. The zero-order chi connectivity index (χ0) is 37.6. The molecule has 2 bridgehead atoms. The van der Waals surface area contributed by atoms with Crippen LogP contribution in [0.5, 0.6) is 11.5 Å². The molecule has 3 amide bonds. The van der Waals surface area contributed by atoms with E-state index >= 15 is 0 Å². The number of halogens is 3. The van der Waals surface area contributed by atoms with Crippen molar-refractivity contribution in [3.05, 3.63) is 92.4 Å². The number of fused-ring (bicyclic) bond motifs is 9. The first-order chi connectivity index (χ1) is 25.2. The van der Waals surface area contributed by atoms with Gasteiger partial charge in [0.1, 0.15) is 0 Å². The van der Waals surface area contributed by atoms with Gasteiger partial charge in [-0.15, -0.1) is 11.8 Å². The minimum Gasteiger partial charge on any atom is -0.493 e. The van der Waals surface area contributed by atoms with Crippen LogP contribution < -0.4 is 29.7 Å². The number of aromatic amines is 1. The third kappa shape index (κ3) is 5.91. The fourth-order valence-electron chi connectivity index (χ4n) is 8.60. The van der Waals surface area contributed by atoms with Gasteiger partial charge >= 0.3 is 11.0 Å². The second-order valence-electron chi connectivity index (χ2n) is 13.3. The molecule has 1 aromatic heterocycles. The van der Waals surface area contributed by atoms with Gasteiger partial charge in [0.2, 0.25) is 21.8 Å². The van der Waals surface area contributed by atoms with Crippen LogP contribution in [0.25, 0.3) is 0 Å². The smallest absolute Gasteiger partial charge is 0.418 e. The molecule has 3 heterocycles. The zero-order valence-corrected chi connectivity index (χ0v) is 29.9. The average Bonchev–Trinajstić information content (AvgIpc) is 3.85. The predicted molar refractivity (Wildman–Crippen MR) is 187 cm³/mol. The highest BCUT2D eigenvalue weighted by molar-refractivity contribution is 8.00. The molecule has 18 heteroatoms. The molecule has 4 aromatic rings. The molecule has 12 nitrogen and oxygen atoms in total. The van der Waals surface area contributed by atoms with E-state index in [4.69, 9.17) is 14.6 Å². The first kappa shape index (κ1) is 35.4. The number of para-hydroxylation sites is 1. The number of rotatable bonds is 8. The van der Waals surface area contributed by atoms with E-state index in [9.17, 15) is 40.8 Å². The number of methoxy groups -OCH3 is 1. The van der Waals surface area contributed by atoms with Gasteiger partial charge < -0.3 is 19.8 Å². The van der Waals surface area contributed by atoms with Crippen molar-refractivity contribution in [1.29, 1.82) is 0 Å². The number of aromatic nitrogens is 1. The number of benzene rings is 3. The van der Waals surface area contributed by atoms with Crippen molar-refractivity contribution >= 4 is 62.2 Å². The monoisotopic (exact) mass is 786 g/mol. The number of thioether (sulfide) groups is 1. The molecule has 8 rings (SSSR count). The van der Waals surface area contributed by atoms with E-state index < -0.39 is 69.5 Å². The lowest BCUT2D eigenvalue weighted by molar-refractivity contribution is -0.137. The number of H-pyrrole nitrogens is 1. The summed E-state index contributed by atoms with van der Waals surface area (Å²) in [6.07, 6.45) is -4.23. The maximum absolute atomic E-state index is 14.1. The second-order valence-corrected chi connectivity index (χ2v) is 17.1. The summed E-state index contributed by atoms with van der Waals surface area (Å²) in [5, 5.41) is 8.18. The lowest BCUT2D eigenvalue weighted by atomic mass is 9.68. The van der Waals surface area contributed by atoms with E-state index in [0.29, 0.717) is 17.1 Å². The van der Waals surface area contributed by atoms with Crippen molar-refractivity contribution in [2.45, 2.75) is 33.7 Å². The average molecular weight is 787 g/mol. The molecule has 2 saturated carbocycles. The van der Waals surface area contributed by atoms with E-state index in [1.165, 1.54) is 55.3 Å². The van der Waals surface area contributed by atoms with Crippen molar-refractivity contribution in [2.24, 2.45) is 34.7 Å². The summed E-state index contributed by atoms with van der Waals surface area (Å²) in [4.78, 5) is 57.4. The summed E-state index contributed by atoms with van der Waals surface area (Å²) >= 11 is 2.50. The summed E-state index contributed by atoms with van der Waals surface area (Å²) in [6.45, 7) is -0.419. The molecule has 0 unspecified atom stereocenters. The van der Waals surface area contributed by atoms with Gasteiger partial charge in [-0.3, -0.25) is 19.2 Å². The van der Waals surface area contributed by atoms with Gasteiger partial charge in [0.25, 0.3) is 5.91 Å². The van der Waals surface area contributed by atoms with Gasteiger partial charge in [-0.2, -0.15) is 13.2 Å². The Bertz CT molecular complexity index is 2350. The number of carbonyl (C=O) groups excluding carboxylic acids is 3. The molecule has 2 aliphatic carbocycles. The standard InChI is InChI=1S/C35H29F3N4O8S3/c1-49-23-12-15(6-11-22(23)50-14-24(43)40-16-7-9-17(10-8-16)53(39,47)48)25-26-18-13-19(29(26)51-31-30(25)52-34(46)41-31)28-27(18)32(44)42(33(28)45)21-5-3-2-4-20(21)35(36,37)38/h2-12,18-19,25-29H,13-14H2,1H3,(H,40,43)(H,41,46)(H2,39,47,48)/t18-,19-,25+,26-,27+,28+,29-/m1/s1. The molecule has 4 aliphatic rings. The first-order valence-electron chi connectivity index (χ1n) is 16.3. The number of nitrogens with one attached hydrogen (secondary N) is 2. The topological polar surface area (TPSA) is 178 Å². The van der Waals surface area contributed by atoms with Crippen LogP contribution in [0.1, 0.15) is 28.3 Å². The van der Waals surface area contributed by atoms with Crippen molar-refractivity contribution in [2.75, 3.05) is 23.9 Å². The minimum atomic E-state index is -4.77. The molecule has 53 heavy (non-hydrogen) atoms. The number of ether oxygens (including phenoxy) is 2. The Balaban J connectivity index is 1.07. The lowest BCUT2D eigenvalue weighted by Crippen LogP contribution is -2.42. The third-order valence-corrected chi connectivity index (χ3v) is 14.1. The van der Waals surface area contributed by atoms with E-state index in [-0.39, 0.29) is 44.3 Å². The van der Waals surface area contributed by atoms with Crippen molar-refractivity contribution in [1.82, 2.24) is 4.98 Å². The molecule has 0 radical (unpaired) electrons. The second kappa shape index (κ2) is 12.7. The Labute approximate surface area is 307 Å². The van der Waals surface area contributed by atoms with Gasteiger partial charge in [0.15, 0.2) is 18.1 Å². The number of carbonyl (C=O) groups is 3. The summed E-state index contributed by atoms with van der Waals surface area (Å²) in [5.41, 5.74) is -0.458. The maximum Gasteiger partial charge on any atom is 0.418 e. The van der Waals surface area contributed by atoms with E-state index in [1.54, 1.807) is 18.2 Å². The van der Waals surface area contributed by atoms with Crippen LogP contribution >= 0.6 is 23.1 Å². The Morgan fingerprint density at radius 2 is 1.70 bits per heavy atom. The number of sulfonamides is 1. The SMILES string of the molecule is COc1cc([C@@H]2c3sc(=O)[nH]c3S[C@@H]3[C@@H]4C[C@@H]([C@@H]5C(=O)N(c6ccccc6C(F)(F)F)C(=O)[C@@H]45)[C@H]23)ccc1OCC(=O)Nc1ccc(S(N)(=O)=O)cc1. The van der Waals surface area contributed by atoms with E-state index in [2.05, 4.69) is 10.3 Å². The number of hydrogen-bond acceptors (Lipinski definition) is 10. The number of anilines is 2. The zero-order valence-electron chi connectivity index (χ0n) is 27.5. The highest BCUT2D eigenvalue weighted by Crippen LogP contribution is 2.69. The summed E-state index contributed by atoms with van der Waals surface area (Å²) < 4.78 is 76.5. The van der Waals surface area contributed by atoms with Crippen LogP contribution in [0.4, 0.5) is 24.5 Å². The lowest BCUT2D eigenvalue weighted by Gasteiger charge is -2.43. The Morgan fingerprint density at radius 1 is 1.00 bits per heavy atom. The van der Waals surface area contributed by atoms with Crippen LogP contribution in [-0.2, 0) is 30.6 Å². The van der Waals surface area contributed by atoms with Crippen LogP contribution in [-0.4, -0.2) is 50.1 Å². The summed E-state index contributed by atoms with van der Waals surface area (Å²) in [6, 6.07) is 15.1. The number of nitrogens with two attached hydrogens (primary N) is 1. The molecular formula is C35H29F3N4O8S3. The van der Waals surface area contributed by atoms with Crippen LogP contribution in [0.15, 0.2) is 81.4 Å². The Morgan fingerprint density at radius 3 is 2.38 bits per heavy atom. The molecule has 4 N–H and O–H groups in total. The Kier molecular flexibility index (Phi) is 8.51. The van der Waals surface area contributed by atoms with Crippen molar-refractivity contribution in [3.63, 3.8) is 0 Å². The summed E-state index contributed by atoms with van der Waals surface area (Å²) in [5.74, 6) is -4.17. The fourth-order valence-corrected chi connectivity index (χ4v) is 12.0. The highest BCUT2D eigenvalue weighted by Gasteiger charge is 2.70. The first-order valence-corrected chi connectivity index (χ1v) is 19.6. The quantitative estimate of drug-likeness (QED) is 0.212. The molecule has 2 aliphatic heterocycles. The van der Waals surface area contributed by atoms with Gasteiger partial charge in [-0.1, -0.05) is 29.5 Å². The van der Waals surface area contributed by atoms with Crippen molar-refractivity contribution < 1.29 is 45.4 Å². The molecular weight excluding hydrogens is 758 g/mol. The number of alkyl halides is 3. The molecule has 3 aromatic carbocycles. The largest absolute Gasteiger partial charge is 0.493 e. The van der Waals surface area contributed by atoms with Crippen molar-refractivity contribution in [3.8, 4) is 11.5 Å². The van der Waals surface area contributed by atoms with Gasteiger partial charge in [0, 0.05) is 21.7 Å². The Hall–Kier alpha value is -4.65. The number of primary sulfonamides is 1. The number of amides is 3. The van der Waals surface area contributed by atoms with Gasteiger partial charge in [-0.05, 0) is 78.3 Å². The van der Waals surface area contributed by atoms with Gasteiger partial charge in [0.05, 0.1) is 40.1 Å². The summed E-state index contributed by atoms with van der Waals surface area (Å²) in [7, 11) is -2.47. The molecule has 1 saturated heterocycles. The predicted octanol–water partition coefficient (Wildman–Crippen LogP) is 4.81. The fraction of sp³-hybridized carbons (Fsp3) is 0.314. The third-order valence-electron chi connectivity index (χ3n) is 10.5. The molecule has 0 spiro atoms. The highest BCUT2D eigenvalue weighted by atomic mass is 32.2. The number of imide groups is 1. The van der Waals surface area contributed by atoms with E-state index in [1.807, 2.05) is 0 Å². The number of nitrogens with zero attached hydrogens (tertiary/aromatic N) is 1. The molecule has 7 atom stereocenters. The van der Waals surface area contributed by atoms with Crippen LogP contribution in [0.3, 0.4) is 0 Å². The normalized spacial score (nSPS) is 25.9. The van der Waals surface area contributed by atoms with E-state index in [0.717, 1.165) is 38.8 Å². The molecule has 3 fully saturated rings. The number of thiazole rings is 1. The minimum absolute atomic E-state index is 0.110. The van der Waals surface area contributed by atoms with Gasteiger partial charge in [-0.25, -0.2) is 18.5 Å². The van der Waals surface area contributed by atoms with Crippen LogP contribution in [0, 0.1) is 29.6 Å². The molecule has 276 valence electrons. The van der Waals surface area contributed by atoms with Crippen LogP contribution in [0.2, 0.25) is 0 Å².